The monoisotopic (exact) mass is 224 g/mol. The SMILES string of the molecule is CCC1(C)NC(=O)Nc2sc(C=O)cc21. The molecule has 1 aliphatic heterocycles. The molecule has 2 amide bonds. The largest absolute Gasteiger partial charge is 0.329 e. The molecule has 1 aliphatic rings. The van der Waals surface area contributed by atoms with Gasteiger partial charge in [0.25, 0.3) is 0 Å². The van der Waals surface area contributed by atoms with Crippen LogP contribution in [0.5, 0.6) is 0 Å². The van der Waals surface area contributed by atoms with Crippen LogP contribution >= 0.6 is 11.3 Å². The number of carbonyl (C=O) groups is 2. The Morgan fingerprint density at radius 3 is 2.93 bits per heavy atom. The van der Waals surface area contributed by atoms with Gasteiger partial charge >= 0.3 is 6.03 Å². The van der Waals surface area contributed by atoms with Gasteiger partial charge < -0.3 is 5.32 Å². The number of hydrogen-bond donors (Lipinski definition) is 2. The Morgan fingerprint density at radius 2 is 2.33 bits per heavy atom. The first-order valence-corrected chi connectivity index (χ1v) is 5.59. The van der Waals surface area contributed by atoms with Gasteiger partial charge in [-0.3, -0.25) is 10.1 Å². The molecule has 2 heterocycles. The molecule has 0 aromatic carbocycles. The van der Waals surface area contributed by atoms with Crippen molar-refractivity contribution in [3.8, 4) is 0 Å². The third kappa shape index (κ3) is 1.52. The van der Waals surface area contributed by atoms with Gasteiger partial charge in [0.15, 0.2) is 6.29 Å². The van der Waals surface area contributed by atoms with Gasteiger partial charge in [0.2, 0.25) is 0 Å². The number of anilines is 1. The molecule has 0 saturated carbocycles. The highest BCUT2D eigenvalue weighted by molar-refractivity contribution is 7.18. The molecule has 80 valence electrons. The van der Waals surface area contributed by atoms with E-state index in [-0.39, 0.29) is 11.6 Å². The molecule has 1 atom stereocenters. The van der Waals surface area contributed by atoms with E-state index >= 15 is 0 Å². The Kier molecular flexibility index (Phi) is 2.26. The normalized spacial score (nSPS) is 24.0. The summed E-state index contributed by atoms with van der Waals surface area (Å²) in [5.41, 5.74) is 0.631. The summed E-state index contributed by atoms with van der Waals surface area (Å²) in [6.07, 6.45) is 1.60. The van der Waals surface area contributed by atoms with E-state index < -0.39 is 0 Å². The number of amides is 2. The van der Waals surface area contributed by atoms with Crippen LogP contribution in [0.1, 0.15) is 35.5 Å². The van der Waals surface area contributed by atoms with Gasteiger partial charge in [-0.1, -0.05) is 6.92 Å². The van der Waals surface area contributed by atoms with Gasteiger partial charge in [0, 0.05) is 5.56 Å². The first kappa shape index (κ1) is 10.2. The van der Waals surface area contributed by atoms with Crippen molar-refractivity contribution >= 4 is 28.7 Å². The second-order valence-corrected chi connectivity index (χ2v) is 4.86. The summed E-state index contributed by atoms with van der Waals surface area (Å²) in [7, 11) is 0. The van der Waals surface area contributed by atoms with Crippen LogP contribution in [0.2, 0.25) is 0 Å². The first-order chi connectivity index (χ1) is 7.09. The smallest absolute Gasteiger partial charge is 0.320 e. The van der Waals surface area contributed by atoms with Crippen molar-refractivity contribution in [1.29, 1.82) is 0 Å². The third-order valence-corrected chi connectivity index (χ3v) is 3.76. The van der Waals surface area contributed by atoms with E-state index in [1.54, 1.807) is 0 Å². The van der Waals surface area contributed by atoms with Crippen molar-refractivity contribution in [2.24, 2.45) is 0 Å². The van der Waals surface area contributed by atoms with Crippen LogP contribution in [-0.4, -0.2) is 12.3 Å². The predicted octanol–water partition coefficient (Wildman–Crippen LogP) is 2.32. The molecule has 0 radical (unpaired) electrons. The maximum Gasteiger partial charge on any atom is 0.320 e. The van der Waals surface area contributed by atoms with E-state index in [0.29, 0.717) is 4.88 Å². The molecule has 2 N–H and O–H groups in total. The van der Waals surface area contributed by atoms with E-state index in [9.17, 15) is 9.59 Å². The zero-order chi connectivity index (χ0) is 11.1. The molecule has 1 aromatic heterocycles. The Labute approximate surface area is 91.7 Å². The highest BCUT2D eigenvalue weighted by Gasteiger charge is 2.35. The average molecular weight is 224 g/mol. The molecule has 0 saturated heterocycles. The number of aldehydes is 1. The van der Waals surface area contributed by atoms with Crippen LogP contribution in [0.3, 0.4) is 0 Å². The molecule has 1 unspecified atom stereocenters. The van der Waals surface area contributed by atoms with Crippen molar-refractivity contribution in [2.75, 3.05) is 5.32 Å². The van der Waals surface area contributed by atoms with Crippen LogP contribution in [0.25, 0.3) is 0 Å². The van der Waals surface area contributed by atoms with E-state index in [0.717, 1.165) is 23.3 Å². The Morgan fingerprint density at radius 1 is 1.60 bits per heavy atom. The van der Waals surface area contributed by atoms with Crippen LogP contribution in [-0.2, 0) is 5.54 Å². The molecule has 5 heteroatoms. The van der Waals surface area contributed by atoms with E-state index in [4.69, 9.17) is 0 Å². The molecule has 0 spiro atoms. The van der Waals surface area contributed by atoms with Crippen LogP contribution in [0.4, 0.5) is 9.80 Å². The number of thiophene rings is 1. The molecule has 1 aromatic rings. The van der Waals surface area contributed by atoms with Crippen LogP contribution < -0.4 is 10.6 Å². The number of nitrogens with one attached hydrogen (secondary N) is 2. The lowest BCUT2D eigenvalue weighted by molar-refractivity contribution is 0.112. The summed E-state index contributed by atoms with van der Waals surface area (Å²) in [6.45, 7) is 3.97. The fourth-order valence-corrected chi connectivity index (χ4v) is 2.70. The van der Waals surface area contributed by atoms with Crippen LogP contribution in [0, 0.1) is 0 Å². The minimum Gasteiger partial charge on any atom is -0.329 e. The maximum atomic E-state index is 11.4. The van der Waals surface area contributed by atoms with Crippen LogP contribution in [0.15, 0.2) is 6.07 Å². The third-order valence-electron chi connectivity index (χ3n) is 2.79. The zero-order valence-corrected chi connectivity index (χ0v) is 9.40. The number of carbonyl (C=O) groups excluding carboxylic acids is 2. The zero-order valence-electron chi connectivity index (χ0n) is 8.59. The van der Waals surface area contributed by atoms with Crippen molar-refractivity contribution in [1.82, 2.24) is 5.32 Å². The highest BCUT2D eigenvalue weighted by Crippen LogP contribution is 2.39. The number of rotatable bonds is 2. The van der Waals surface area contributed by atoms with E-state index in [2.05, 4.69) is 10.6 Å². The standard InChI is InChI=1S/C10H12N2O2S/c1-3-10(2)7-4-6(5-13)15-8(7)11-9(14)12-10/h4-5H,3H2,1-2H3,(H2,11,12,14). The molecular formula is C10H12N2O2S. The minimum atomic E-state index is -0.366. The van der Waals surface area contributed by atoms with Gasteiger partial charge in [0.05, 0.1) is 10.4 Å². The van der Waals surface area contributed by atoms with Gasteiger partial charge in [-0.2, -0.15) is 0 Å². The fourth-order valence-electron chi connectivity index (χ4n) is 1.70. The Balaban J connectivity index is 2.54. The second-order valence-electron chi connectivity index (χ2n) is 3.77. The number of urea groups is 1. The lowest BCUT2D eigenvalue weighted by Crippen LogP contribution is -2.48. The van der Waals surface area contributed by atoms with Gasteiger partial charge in [-0.25, -0.2) is 4.79 Å². The average Bonchev–Trinajstić information content (AvgIpc) is 2.61. The molecule has 2 rings (SSSR count). The van der Waals surface area contributed by atoms with Crippen molar-refractivity contribution < 1.29 is 9.59 Å². The second kappa shape index (κ2) is 3.34. The summed E-state index contributed by atoms with van der Waals surface area (Å²) in [4.78, 5) is 22.7. The summed E-state index contributed by atoms with van der Waals surface area (Å²) >= 11 is 1.32. The van der Waals surface area contributed by atoms with E-state index in [1.807, 2.05) is 19.9 Å². The molecule has 0 bridgehead atoms. The van der Waals surface area contributed by atoms with Gasteiger partial charge in [-0.05, 0) is 19.4 Å². The number of hydrogen-bond acceptors (Lipinski definition) is 3. The molecule has 4 nitrogen and oxygen atoms in total. The molecule has 15 heavy (non-hydrogen) atoms. The topological polar surface area (TPSA) is 58.2 Å². The fraction of sp³-hybridized carbons (Fsp3) is 0.400. The predicted molar refractivity (Wildman–Crippen MR) is 59.5 cm³/mol. The first-order valence-electron chi connectivity index (χ1n) is 4.77. The lowest BCUT2D eigenvalue weighted by atomic mass is 9.89. The maximum absolute atomic E-state index is 11.4. The lowest BCUT2D eigenvalue weighted by Gasteiger charge is -2.34. The minimum absolute atomic E-state index is 0.203. The van der Waals surface area contributed by atoms with E-state index in [1.165, 1.54) is 11.3 Å². The summed E-state index contributed by atoms with van der Waals surface area (Å²) in [5.74, 6) is 0. The molecule has 0 fully saturated rings. The van der Waals surface area contributed by atoms with Gasteiger partial charge in [-0.15, -0.1) is 11.3 Å². The number of fused-ring (bicyclic) bond motifs is 1. The summed E-state index contributed by atoms with van der Waals surface area (Å²) in [5, 5.41) is 6.37. The molecular weight excluding hydrogens is 212 g/mol. The van der Waals surface area contributed by atoms with Crippen molar-refractivity contribution in [3.63, 3.8) is 0 Å². The Bertz CT molecular complexity index is 427. The Hall–Kier alpha value is -1.36. The van der Waals surface area contributed by atoms with Crippen molar-refractivity contribution in [2.45, 2.75) is 25.8 Å². The van der Waals surface area contributed by atoms with Gasteiger partial charge in [0.1, 0.15) is 5.00 Å². The quantitative estimate of drug-likeness (QED) is 0.757. The summed E-state index contributed by atoms with van der Waals surface area (Å²) < 4.78 is 0. The highest BCUT2D eigenvalue weighted by atomic mass is 32.1. The summed E-state index contributed by atoms with van der Waals surface area (Å²) in [6, 6.07) is 1.63. The van der Waals surface area contributed by atoms with Crippen molar-refractivity contribution in [3.05, 3.63) is 16.5 Å². The molecule has 0 aliphatic carbocycles.